The SMILES string of the molecule is COc1nc(NCCNC(=O)Nc2ccc(Cl)cc2)nc(N(C)C)n1. The van der Waals surface area contributed by atoms with Crippen molar-refractivity contribution >= 4 is 35.2 Å². The molecule has 2 aromatic rings. The number of aromatic nitrogens is 3. The van der Waals surface area contributed by atoms with Crippen LogP contribution in [0.1, 0.15) is 0 Å². The molecule has 134 valence electrons. The summed E-state index contributed by atoms with van der Waals surface area (Å²) >= 11 is 5.80. The van der Waals surface area contributed by atoms with Crippen molar-refractivity contribution in [3.8, 4) is 6.01 Å². The lowest BCUT2D eigenvalue weighted by Crippen LogP contribution is -2.32. The van der Waals surface area contributed by atoms with Crippen molar-refractivity contribution in [1.29, 1.82) is 0 Å². The number of urea groups is 1. The molecule has 0 saturated carbocycles. The van der Waals surface area contributed by atoms with Crippen LogP contribution in [0.3, 0.4) is 0 Å². The maximum Gasteiger partial charge on any atom is 0.322 e. The Morgan fingerprint density at radius 1 is 1.16 bits per heavy atom. The third-order valence-corrected chi connectivity index (χ3v) is 3.23. The molecule has 2 rings (SSSR count). The number of carbonyl (C=O) groups excluding carboxylic acids is 1. The highest BCUT2D eigenvalue weighted by Crippen LogP contribution is 2.13. The molecule has 0 aliphatic heterocycles. The minimum absolute atomic E-state index is 0.217. The van der Waals surface area contributed by atoms with Crippen LogP contribution in [0, 0.1) is 0 Å². The van der Waals surface area contributed by atoms with Gasteiger partial charge >= 0.3 is 12.0 Å². The molecule has 9 nitrogen and oxygen atoms in total. The van der Waals surface area contributed by atoms with Crippen LogP contribution in [0.15, 0.2) is 24.3 Å². The maximum atomic E-state index is 11.8. The van der Waals surface area contributed by atoms with Crippen LogP contribution in [0.25, 0.3) is 0 Å². The first-order valence-corrected chi connectivity index (χ1v) is 7.87. The van der Waals surface area contributed by atoms with Crippen LogP contribution in [0.5, 0.6) is 6.01 Å². The van der Waals surface area contributed by atoms with Crippen molar-refractivity contribution < 1.29 is 9.53 Å². The Morgan fingerprint density at radius 2 is 1.88 bits per heavy atom. The van der Waals surface area contributed by atoms with Gasteiger partial charge in [0.2, 0.25) is 11.9 Å². The van der Waals surface area contributed by atoms with Crippen LogP contribution < -0.4 is 25.6 Å². The van der Waals surface area contributed by atoms with Gasteiger partial charge in [0.15, 0.2) is 0 Å². The first-order valence-electron chi connectivity index (χ1n) is 7.49. The molecule has 0 saturated heterocycles. The summed E-state index contributed by atoms with van der Waals surface area (Å²) in [5.74, 6) is 0.846. The van der Waals surface area contributed by atoms with Gasteiger partial charge in [0.05, 0.1) is 7.11 Å². The summed E-state index contributed by atoms with van der Waals surface area (Å²) in [6, 6.07) is 6.76. The molecule has 0 spiro atoms. The van der Waals surface area contributed by atoms with Gasteiger partial charge in [-0.2, -0.15) is 15.0 Å². The van der Waals surface area contributed by atoms with Gasteiger partial charge in [-0.05, 0) is 24.3 Å². The minimum atomic E-state index is -0.314. The number of halogens is 1. The summed E-state index contributed by atoms with van der Waals surface area (Å²) in [6.07, 6.45) is 0. The number of rotatable bonds is 7. The smallest absolute Gasteiger partial charge is 0.322 e. The Bertz CT molecular complexity index is 710. The molecule has 1 aromatic heterocycles. The molecule has 0 aliphatic rings. The van der Waals surface area contributed by atoms with Crippen molar-refractivity contribution in [3.63, 3.8) is 0 Å². The third kappa shape index (κ3) is 5.96. The first-order chi connectivity index (χ1) is 12.0. The van der Waals surface area contributed by atoms with Gasteiger partial charge in [0, 0.05) is 37.9 Å². The Labute approximate surface area is 150 Å². The van der Waals surface area contributed by atoms with Crippen molar-refractivity contribution in [2.24, 2.45) is 0 Å². The van der Waals surface area contributed by atoms with Crippen LogP contribution in [0.4, 0.5) is 22.4 Å². The molecule has 0 unspecified atom stereocenters. The van der Waals surface area contributed by atoms with Crippen molar-refractivity contribution in [3.05, 3.63) is 29.3 Å². The zero-order chi connectivity index (χ0) is 18.2. The highest BCUT2D eigenvalue weighted by molar-refractivity contribution is 6.30. The highest BCUT2D eigenvalue weighted by atomic mass is 35.5. The zero-order valence-electron chi connectivity index (χ0n) is 14.2. The fourth-order valence-electron chi connectivity index (χ4n) is 1.78. The van der Waals surface area contributed by atoms with Gasteiger partial charge in [0.25, 0.3) is 0 Å². The molecule has 3 N–H and O–H groups in total. The number of anilines is 3. The third-order valence-electron chi connectivity index (χ3n) is 2.98. The van der Waals surface area contributed by atoms with E-state index >= 15 is 0 Å². The molecule has 0 bridgehead atoms. The topological polar surface area (TPSA) is 104 Å². The van der Waals surface area contributed by atoms with Crippen molar-refractivity contribution in [2.75, 3.05) is 49.8 Å². The van der Waals surface area contributed by atoms with E-state index in [1.165, 1.54) is 7.11 Å². The van der Waals surface area contributed by atoms with Gasteiger partial charge in [-0.15, -0.1) is 0 Å². The Kier molecular flexibility index (Phi) is 6.58. The average Bonchev–Trinajstić information content (AvgIpc) is 2.60. The summed E-state index contributed by atoms with van der Waals surface area (Å²) in [5, 5.41) is 9.05. The fourth-order valence-corrected chi connectivity index (χ4v) is 1.90. The average molecular weight is 366 g/mol. The van der Waals surface area contributed by atoms with Gasteiger partial charge in [-0.25, -0.2) is 4.79 Å². The molecule has 10 heteroatoms. The number of nitrogens with zero attached hydrogens (tertiary/aromatic N) is 4. The monoisotopic (exact) mass is 365 g/mol. The van der Waals surface area contributed by atoms with E-state index in [2.05, 4.69) is 30.9 Å². The number of carbonyl (C=O) groups is 1. The van der Waals surface area contributed by atoms with Gasteiger partial charge < -0.3 is 25.6 Å². The molecule has 0 radical (unpaired) electrons. The maximum absolute atomic E-state index is 11.8. The quantitative estimate of drug-likeness (QED) is 0.643. The number of ether oxygens (including phenoxy) is 1. The van der Waals surface area contributed by atoms with Crippen molar-refractivity contribution in [1.82, 2.24) is 20.3 Å². The van der Waals surface area contributed by atoms with E-state index in [1.54, 1.807) is 29.2 Å². The van der Waals surface area contributed by atoms with Crippen molar-refractivity contribution in [2.45, 2.75) is 0 Å². The number of benzene rings is 1. The van der Waals surface area contributed by atoms with E-state index in [0.717, 1.165) is 0 Å². The largest absolute Gasteiger partial charge is 0.467 e. The molecule has 0 atom stereocenters. The Hall–Kier alpha value is -2.81. The molecular weight excluding hydrogens is 346 g/mol. The lowest BCUT2D eigenvalue weighted by Gasteiger charge is -2.13. The number of amides is 2. The summed E-state index contributed by atoms with van der Waals surface area (Å²) in [6.45, 7) is 0.818. The predicted octanol–water partition coefficient (Wildman–Crippen LogP) is 1.83. The second-order valence-electron chi connectivity index (χ2n) is 5.15. The molecular formula is C15H20ClN7O2. The number of hydrogen-bond donors (Lipinski definition) is 3. The van der Waals surface area contributed by atoms with Crippen LogP contribution in [-0.2, 0) is 0 Å². The molecule has 0 fully saturated rings. The summed E-state index contributed by atoms with van der Waals surface area (Å²) in [5.41, 5.74) is 0.660. The first kappa shape index (κ1) is 18.5. The molecule has 25 heavy (non-hydrogen) atoms. The predicted molar refractivity (Wildman–Crippen MR) is 97.7 cm³/mol. The minimum Gasteiger partial charge on any atom is -0.467 e. The summed E-state index contributed by atoms with van der Waals surface area (Å²) < 4.78 is 5.05. The number of hydrogen-bond acceptors (Lipinski definition) is 7. The second-order valence-corrected chi connectivity index (χ2v) is 5.59. The molecule has 1 heterocycles. The van der Waals surface area contributed by atoms with Crippen LogP contribution in [0.2, 0.25) is 5.02 Å². The van der Waals surface area contributed by atoms with Crippen LogP contribution >= 0.6 is 11.6 Å². The number of nitrogens with one attached hydrogen (secondary N) is 3. The van der Waals surface area contributed by atoms with E-state index < -0.39 is 0 Å². The summed E-state index contributed by atoms with van der Waals surface area (Å²) in [4.78, 5) is 26.0. The Balaban J connectivity index is 1.79. The van der Waals surface area contributed by atoms with Crippen LogP contribution in [-0.4, -0.2) is 55.3 Å². The van der Waals surface area contributed by atoms with Gasteiger partial charge in [-0.1, -0.05) is 11.6 Å². The van der Waals surface area contributed by atoms with E-state index in [9.17, 15) is 4.79 Å². The van der Waals surface area contributed by atoms with E-state index in [-0.39, 0.29) is 12.0 Å². The van der Waals surface area contributed by atoms with E-state index in [0.29, 0.717) is 35.7 Å². The number of methoxy groups -OCH3 is 1. The Morgan fingerprint density at radius 3 is 2.52 bits per heavy atom. The lowest BCUT2D eigenvalue weighted by atomic mass is 10.3. The standard InChI is InChI=1S/C15H20ClN7O2/c1-23(2)13-20-12(21-15(22-13)25-3)17-8-9-18-14(24)19-11-6-4-10(16)5-7-11/h4-7H,8-9H2,1-3H3,(H2,18,19,24)(H,17,20,21,22). The summed E-state index contributed by atoms with van der Waals surface area (Å²) in [7, 11) is 5.13. The molecule has 2 amide bonds. The van der Waals surface area contributed by atoms with E-state index in [1.807, 2.05) is 14.1 Å². The fraction of sp³-hybridized carbons (Fsp3) is 0.333. The second kappa shape index (κ2) is 8.88. The highest BCUT2D eigenvalue weighted by Gasteiger charge is 2.08. The normalized spacial score (nSPS) is 10.1. The van der Waals surface area contributed by atoms with Gasteiger partial charge in [-0.3, -0.25) is 0 Å². The zero-order valence-corrected chi connectivity index (χ0v) is 15.0. The lowest BCUT2D eigenvalue weighted by molar-refractivity contribution is 0.252. The van der Waals surface area contributed by atoms with E-state index in [4.69, 9.17) is 16.3 Å². The van der Waals surface area contributed by atoms with Gasteiger partial charge in [0.1, 0.15) is 0 Å². The molecule has 0 aliphatic carbocycles. The molecule has 1 aromatic carbocycles.